The Morgan fingerprint density at radius 1 is 0.842 bits per heavy atom. The summed E-state index contributed by atoms with van der Waals surface area (Å²) in [5.41, 5.74) is 0. The van der Waals surface area contributed by atoms with Crippen LogP contribution in [0.3, 0.4) is 0 Å². The van der Waals surface area contributed by atoms with Crippen LogP contribution >= 0.6 is 0 Å². The largest absolute Gasteiger partial charge is 0.381 e. The third kappa shape index (κ3) is 5.00. The lowest BCUT2D eigenvalue weighted by Gasteiger charge is -2.31. The molecule has 0 bridgehead atoms. The van der Waals surface area contributed by atoms with Crippen molar-refractivity contribution in [3.05, 3.63) is 0 Å². The van der Waals surface area contributed by atoms with E-state index in [1.807, 2.05) is 0 Å². The molecule has 2 saturated heterocycles. The zero-order valence-corrected chi connectivity index (χ0v) is 12.0. The molecule has 0 radical (unpaired) electrons. The number of ether oxygens (including phenoxy) is 5. The molecule has 2 atom stereocenters. The Kier molecular flexibility index (Phi) is 6.53. The smallest absolute Gasteiger partial charge is 0.160 e. The second kappa shape index (κ2) is 8.17. The van der Waals surface area contributed by atoms with Crippen molar-refractivity contribution in [3.8, 4) is 0 Å². The van der Waals surface area contributed by atoms with Gasteiger partial charge in [-0.25, -0.2) is 0 Å². The van der Waals surface area contributed by atoms with Gasteiger partial charge in [0.1, 0.15) is 0 Å². The van der Waals surface area contributed by atoms with Crippen LogP contribution in [0.5, 0.6) is 0 Å². The fourth-order valence-electron chi connectivity index (χ4n) is 1.92. The van der Waals surface area contributed by atoms with E-state index in [1.54, 1.807) is 0 Å². The summed E-state index contributed by atoms with van der Waals surface area (Å²) in [6.45, 7) is 8.80. The van der Waals surface area contributed by atoms with Gasteiger partial charge in [-0.2, -0.15) is 0 Å². The van der Waals surface area contributed by atoms with Gasteiger partial charge in [0.15, 0.2) is 12.6 Å². The molecule has 2 heterocycles. The molecular formula is C14H26O5. The maximum atomic E-state index is 5.86. The molecule has 0 aromatic carbocycles. The first-order valence-corrected chi connectivity index (χ1v) is 7.36. The van der Waals surface area contributed by atoms with Crippen LogP contribution in [0.2, 0.25) is 0 Å². The summed E-state index contributed by atoms with van der Waals surface area (Å²) in [6.07, 6.45) is 1.31. The van der Waals surface area contributed by atoms with Crippen LogP contribution in [-0.4, -0.2) is 52.2 Å². The van der Waals surface area contributed by atoms with Gasteiger partial charge in [-0.15, -0.1) is 0 Å². The molecule has 0 aromatic heterocycles. The van der Waals surface area contributed by atoms with E-state index in [4.69, 9.17) is 23.7 Å². The fraction of sp³-hybridized carbons (Fsp3) is 1.00. The molecule has 19 heavy (non-hydrogen) atoms. The lowest BCUT2D eigenvalue weighted by molar-refractivity contribution is -0.262. The van der Waals surface area contributed by atoms with E-state index in [0.717, 1.165) is 39.3 Å². The third-order valence-corrected chi connectivity index (χ3v) is 3.42. The fourth-order valence-corrected chi connectivity index (χ4v) is 1.92. The summed E-state index contributed by atoms with van der Waals surface area (Å²) >= 11 is 0. The second-order valence-corrected chi connectivity index (χ2v) is 5.29. The third-order valence-electron chi connectivity index (χ3n) is 3.42. The summed E-state index contributed by atoms with van der Waals surface area (Å²) in [5.74, 6) is 1.07. The van der Waals surface area contributed by atoms with Gasteiger partial charge in [0, 0.05) is 11.8 Å². The molecule has 0 aliphatic carbocycles. The number of rotatable bonds is 10. The number of hydrogen-bond donors (Lipinski definition) is 0. The quantitative estimate of drug-likeness (QED) is 0.568. The highest BCUT2D eigenvalue weighted by Gasteiger charge is 2.24. The Balaban J connectivity index is 1.61. The van der Waals surface area contributed by atoms with Gasteiger partial charge in [0.25, 0.3) is 0 Å². The first kappa shape index (κ1) is 15.2. The van der Waals surface area contributed by atoms with E-state index in [9.17, 15) is 0 Å². The molecule has 0 amide bonds. The molecule has 5 heteroatoms. The molecule has 5 nitrogen and oxygen atoms in total. The van der Waals surface area contributed by atoms with Crippen molar-refractivity contribution in [3.63, 3.8) is 0 Å². The average molecular weight is 274 g/mol. The van der Waals surface area contributed by atoms with Crippen LogP contribution in [0.1, 0.15) is 26.7 Å². The molecule has 2 aliphatic heterocycles. The predicted octanol–water partition coefficient (Wildman–Crippen LogP) is 1.80. The van der Waals surface area contributed by atoms with Gasteiger partial charge >= 0.3 is 0 Å². The van der Waals surface area contributed by atoms with E-state index in [1.165, 1.54) is 0 Å². The summed E-state index contributed by atoms with van der Waals surface area (Å²) in [5, 5.41) is 0. The Morgan fingerprint density at radius 3 is 1.53 bits per heavy atom. The van der Waals surface area contributed by atoms with E-state index >= 15 is 0 Å². The SMILES string of the molecule is CCC(OCC1COC1)OC(CC)OCC1COC1. The Morgan fingerprint density at radius 2 is 1.26 bits per heavy atom. The molecule has 112 valence electrons. The van der Waals surface area contributed by atoms with Gasteiger partial charge in [-0.1, -0.05) is 13.8 Å². The van der Waals surface area contributed by atoms with Crippen molar-refractivity contribution in [1.29, 1.82) is 0 Å². The highest BCUT2D eigenvalue weighted by molar-refractivity contribution is 4.65. The first-order chi connectivity index (χ1) is 9.31. The van der Waals surface area contributed by atoms with Crippen molar-refractivity contribution < 1.29 is 23.7 Å². The lowest BCUT2D eigenvalue weighted by atomic mass is 10.1. The monoisotopic (exact) mass is 274 g/mol. The van der Waals surface area contributed by atoms with E-state index < -0.39 is 0 Å². The van der Waals surface area contributed by atoms with Crippen molar-refractivity contribution in [2.24, 2.45) is 11.8 Å². The minimum Gasteiger partial charge on any atom is -0.381 e. The van der Waals surface area contributed by atoms with Crippen molar-refractivity contribution >= 4 is 0 Å². The van der Waals surface area contributed by atoms with Crippen LogP contribution in [-0.2, 0) is 23.7 Å². The zero-order valence-electron chi connectivity index (χ0n) is 12.0. The molecule has 2 fully saturated rings. The first-order valence-electron chi connectivity index (χ1n) is 7.36. The average Bonchev–Trinajstić information content (AvgIpc) is 2.31. The van der Waals surface area contributed by atoms with Crippen LogP contribution < -0.4 is 0 Å². The summed E-state index contributed by atoms with van der Waals surface area (Å²) in [7, 11) is 0. The molecule has 2 unspecified atom stereocenters. The van der Waals surface area contributed by atoms with Crippen molar-refractivity contribution in [2.45, 2.75) is 39.3 Å². The van der Waals surface area contributed by atoms with Gasteiger partial charge in [-0.3, -0.25) is 0 Å². The van der Waals surface area contributed by atoms with Crippen molar-refractivity contribution in [2.75, 3.05) is 39.6 Å². The van der Waals surface area contributed by atoms with E-state index in [2.05, 4.69) is 13.8 Å². The standard InChI is InChI=1S/C14H26O5/c1-3-13(17-9-11-5-15-6-11)19-14(4-2)18-10-12-7-16-8-12/h11-14H,3-10H2,1-2H3. The van der Waals surface area contributed by atoms with Crippen molar-refractivity contribution in [1.82, 2.24) is 0 Å². The van der Waals surface area contributed by atoms with Crippen LogP contribution in [0.15, 0.2) is 0 Å². The normalized spacial score (nSPS) is 23.7. The molecule has 2 rings (SSSR count). The topological polar surface area (TPSA) is 46.2 Å². The van der Waals surface area contributed by atoms with Gasteiger partial charge in [0.05, 0.1) is 39.6 Å². The Bertz CT molecular complexity index is 216. The summed E-state index contributed by atoms with van der Waals surface area (Å²) in [4.78, 5) is 0. The summed E-state index contributed by atoms with van der Waals surface area (Å²) < 4.78 is 27.7. The van der Waals surface area contributed by atoms with Gasteiger partial charge in [-0.05, 0) is 12.8 Å². The molecule has 0 N–H and O–H groups in total. The molecule has 0 spiro atoms. The highest BCUT2D eigenvalue weighted by atomic mass is 16.8. The van der Waals surface area contributed by atoms with Crippen LogP contribution in [0, 0.1) is 11.8 Å². The van der Waals surface area contributed by atoms with E-state index in [0.29, 0.717) is 25.0 Å². The molecule has 0 aromatic rings. The highest BCUT2D eigenvalue weighted by Crippen LogP contribution is 2.16. The molecular weight excluding hydrogens is 248 g/mol. The Labute approximate surface area is 115 Å². The van der Waals surface area contributed by atoms with Gasteiger partial charge in [0.2, 0.25) is 0 Å². The second-order valence-electron chi connectivity index (χ2n) is 5.29. The van der Waals surface area contributed by atoms with Gasteiger partial charge < -0.3 is 23.7 Å². The maximum Gasteiger partial charge on any atom is 0.160 e. The predicted molar refractivity (Wildman–Crippen MR) is 69.8 cm³/mol. The zero-order chi connectivity index (χ0) is 13.5. The molecule has 2 aliphatic rings. The van der Waals surface area contributed by atoms with E-state index in [-0.39, 0.29) is 12.6 Å². The maximum absolute atomic E-state index is 5.86. The van der Waals surface area contributed by atoms with Crippen LogP contribution in [0.4, 0.5) is 0 Å². The minimum absolute atomic E-state index is 0.178. The molecule has 0 saturated carbocycles. The van der Waals surface area contributed by atoms with Crippen LogP contribution in [0.25, 0.3) is 0 Å². The summed E-state index contributed by atoms with van der Waals surface area (Å²) in [6, 6.07) is 0. The minimum atomic E-state index is -0.178. The number of hydrogen-bond acceptors (Lipinski definition) is 5. The lowest BCUT2D eigenvalue weighted by Crippen LogP contribution is -2.36. The Hall–Kier alpha value is -0.200.